The van der Waals surface area contributed by atoms with Crippen LogP contribution in [0.2, 0.25) is 0 Å². The number of quaternary nitrogens is 1. The van der Waals surface area contributed by atoms with Crippen LogP contribution in [0, 0.1) is 0 Å². The average Bonchev–Trinajstić information content (AvgIpc) is 1.59. The van der Waals surface area contributed by atoms with E-state index in [4.69, 9.17) is 4.52 Å². The normalized spacial score (nSPS) is 10.7. The van der Waals surface area contributed by atoms with Gasteiger partial charge < -0.3 is 10.4 Å². The van der Waals surface area contributed by atoms with Gasteiger partial charge in [-0.05, 0) is 0 Å². The zero-order valence-electron chi connectivity index (χ0n) is 7.85. The van der Waals surface area contributed by atoms with E-state index in [1.807, 2.05) is 0 Å². The second kappa shape index (κ2) is 6.09. The van der Waals surface area contributed by atoms with Crippen LogP contribution >= 0.6 is 9.47 Å². The molecule has 9 heavy (non-hydrogen) atoms. The van der Waals surface area contributed by atoms with Crippen molar-refractivity contribution in [3.05, 3.63) is 0 Å². The Balaban J connectivity index is -0.000000245. The first-order valence-corrected chi connectivity index (χ1v) is 3.15. The molecular weight excluding hydrogens is 144 g/mol. The van der Waals surface area contributed by atoms with Crippen molar-refractivity contribution in [2.24, 2.45) is 0 Å². The summed E-state index contributed by atoms with van der Waals surface area (Å²) >= 11 is 0. The van der Waals surface area contributed by atoms with Crippen molar-refractivity contribution in [2.45, 2.75) is 0 Å². The van der Waals surface area contributed by atoms with Crippen LogP contribution in [0.25, 0.3) is 0 Å². The Hall–Kier alpha value is 1.35. The average molecular weight is 160 g/mol. The topological polar surface area (TPSA) is 9.23 Å². The fourth-order valence-electron chi connectivity index (χ4n) is 0.327. The minimum absolute atomic E-state index is 0. The van der Waals surface area contributed by atoms with Gasteiger partial charge in [-0.1, -0.05) is 0 Å². The van der Waals surface area contributed by atoms with Gasteiger partial charge in [-0.15, -0.1) is 0 Å². The van der Waals surface area contributed by atoms with Crippen LogP contribution in [-0.4, -0.2) is 38.8 Å². The number of nitrogens with zero attached hydrogens (tertiary/aromatic N) is 1. The van der Waals surface area contributed by atoms with Crippen molar-refractivity contribution in [1.29, 1.82) is 0 Å². The van der Waals surface area contributed by atoms with Crippen molar-refractivity contribution < 1.29 is 40.0 Å². The summed E-state index contributed by atoms with van der Waals surface area (Å²) in [5.74, 6) is 0. The van der Waals surface area contributed by atoms with Crippen molar-refractivity contribution >= 4 is 9.47 Å². The minimum Gasteiger partial charge on any atom is -1.00 e. The molecule has 0 N–H and O–H groups in total. The summed E-state index contributed by atoms with van der Waals surface area (Å²) in [7, 11) is 8.68. The predicted octanol–water partition coefficient (Wildman–Crippen LogP) is -2.38. The molecule has 0 aliphatic carbocycles. The Bertz CT molecular complexity index is 69.2. The monoisotopic (exact) mass is 160 g/mol. The first kappa shape index (κ1) is 13.0. The third kappa shape index (κ3) is 12.5. The zero-order chi connectivity index (χ0) is 6.62. The van der Waals surface area contributed by atoms with E-state index in [1.54, 1.807) is 0 Å². The largest absolute Gasteiger partial charge is 1.00 e. The predicted molar refractivity (Wildman–Crippen MR) is 39.7 cm³/mol. The van der Waals surface area contributed by atoms with Gasteiger partial charge in [0.05, 0.1) is 27.7 Å². The molecule has 0 spiro atoms. The maximum Gasteiger partial charge on any atom is 1.00 e. The molecule has 1 atom stereocenters. The molecule has 4 heteroatoms. The van der Waals surface area contributed by atoms with E-state index in [9.17, 15) is 0 Å². The fourth-order valence-corrected chi connectivity index (χ4v) is 0.432. The summed E-state index contributed by atoms with van der Waals surface area (Å²) in [5, 5.41) is 0. The molecule has 0 heterocycles. The Morgan fingerprint density at radius 3 is 2.00 bits per heavy atom. The third-order valence-corrected chi connectivity index (χ3v) is 1.12. The zero-order valence-corrected chi connectivity index (χ0v) is 10.0. The summed E-state index contributed by atoms with van der Waals surface area (Å²) in [6.45, 7) is 1.87. The molecule has 0 aromatic heterocycles. The number of likely N-dealkylation sites (N-methyl/N-ethyl adjacent to an activating group) is 1. The van der Waals surface area contributed by atoms with Gasteiger partial charge in [-0.2, -0.15) is 0 Å². The molecule has 0 amide bonds. The molecule has 0 saturated carbocycles. The SMILES string of the molecule is C[N+](C)(C)CCOP.[H-].[Na+]. The molecule has 0 fully saturated rings. The molecule has 0 rings (SSSR count). The molecule has 1 unspecified atom stereocenters. The molecule has 0 aliphatic heterocycles. The standard InChI is InChI=1S/C5H15NOP.Na.H/c1-6(2,3)4-5-7-8;;/h4-5,8H2,1-3H3;;/q2*+1;-1. The summed E-state index contributed by atoms with van der Waals surface area (Å²) in [4.78, 5) is 0. The molecule has 0 aromatic carbocycles. The van der Waals surface area contributed by atoms with E-state index in [0.717, 1.165) is 17.6 Å². The summed E-state index contributed by atoms with van der Waals surface area (Å²) in [6.07, 6.45) is 0. The smallest absolute Gasteiger partial charge is 1.00 e. The first-order valence-electron chi connectivity index (χ1n) is 2.68. The van der Waals surface area contributed by atoms with Crippen molar-refractivity contribution in [1.82, 2.24) is 0 Å². The van der Waals surface area contributed by atoms with E-state index in [-0.39, 0.29) is 31.0 Å². The van der Waals surface area contributed by atoms with Gasteiger partial charge in [-0.25, -0.2) is 0 Å². The Morgan fingerprint density at radius 1 is 1.44 bits per heavy atom. The molecule has 0 bridgehead atoms. The summed E-state index contributed by atoms with van der Waals surface area (Å²) in [6, 6.07) is 0. The molecule has 0 aromatic rings. The Kier molecular flexibility index (Phi) is 8.78. The van der Waals surface area contributed by atoms with Crippen LogP contribution in [0.1, 0.15) is 1.43 Å². The van der Waals surface area contributed by atoms with Gasteiger partial charge in [0, 0.05) is 9.47 Å². The van der Waals surface area contributed by atoms with Crippen LogP contribution in [0.4, 0.5) is 0 Å². The molecule has 0 aliphatic rings. The van der Waals surface area contributed by atoms with Gasteiger partial charge in [-0.3, -0.25) is 0 Å². The maximum atomic E-state index is 4.82. The Labute approximate surface area is 83.6 Å². The van der Waals surface area contributed by atoms with E-state index in [2.05, 4.69) is 30.6 Å². The van der Waals surface area contributed by atoms with Crippen molar-refractivity contribution in [2.75, 3.05) is 34.3 Å². The van der Waals surface area contributed by atoms with Crippen LogP contribution in [0.5, 0.6) is 0 Å². The first-order chi connectivity index (χ1) is 3.56. The number of hydrogen-bond donors (Lipinski definition) is 0. The molecule has 0 saturated heterocycles. The maximum absolute atomic E-state index is 4.82. The molecular formula is C5H16NNaOP+. The van der Waals surface area contributed by atoms with Gasteiger partial charge in [0.1, 0.15) is 6.54 Å². The van der Waals surface area contributed by atoms with Crippen LogP contribution in [0.15, 0.2) is 0 Å². The number of rotatable bonds is 3. The third-order valence-electron chi connectivity index (χ3n) is 0.880. The van der Waals surface area contributed by atoms with Crippen LogP contribution < -0.4 is 29.6 Å². The fraction of sp³-hybridized carbons (Fsp3) is 1.00. The van der Waals surface area contributed by atoms with E-state index < -0.39 is 0 Å². The van der Waals surface area contributed by atoms with Gasteiger partial charge in [0.25, 0.3) is 0 Å². The van der Waals surface area contributed by atoms with Gasteiger partial charge in [0.2, 0.25) is 0 Å². The number of hydrogen-bond acceptors (Lipinski definition) is 1. The molecule has 2 nitrogen and oxygen atoms in total. The van der Waals surface area contributed by atoms with Crippen LogP contribution in [0.3, 0.4) is 0 Å². The van der Waals surface area contributed by atoms with E-state index in [0.29, 0.717) is 0 Å². The summed E-state index contributed by atoms with van der Waals surface area (Å²) < 4.78 is 5.79. The quantitative estimate of drug-likeness (QED) is 0.254. The van der Waals surface area contributed by atoms with E-state index in [1.165, 1.54) is 0 Å². The second-order valence-electron chi connectivity index (χ2n) is 2.88. The summed E-state index contributed by atoms with van der Waals surface area (Å²) in [5.41, 5.74) is 0. The van der Waals surface area contributed by atoms with Gasteiger partial charge in [0.15, 0.2) is 0 Å². The van der Waals surface area contributed by atoms with E-state index >= 15 is 0 Å². The van der Waals surface area contributed by atoms with Gasteiger partial charge >= 0.3 is 29.6 Å². The minimum atomic E-state index is 0. The molecule has 52 valence electrons. The Morgan fingerprint density at radius 2 is 1.89 bits per heavy atom. The van der Waals surface area contributed by atoms with Crippen LogP contribution in [-0.2, 0) is 4.52 Å². The second-order valence-corrected chi connectivity index (χ2v) is 3.22. The molecule has 0 radical (unpaired) electrons. The van der Waals surface area contributed by atoms with Crippen molar-refractivity contribution in [3.8, 4) is 0 Å². The van der Waals surface area contributed by atoms with Crippen molar-refractivity contribution in [3.63, 3.8) is 0 Å².